The number of hydrogen-bond acceptors (Lipinski definition) is 3. The lowest BCUT2D eigenvalue weighted by Crippen LogP contribution is -2.58. The summed E-state index contributed by atoms with van der Waals surface area (Å²) < 4.78 is 0. The third-order valence-corrected chi connectivity index (χ3v) is 2.90. The molecular formula is C8H15NO2. The van der Waals surface area contributed by atoms with Gasteiger partial charge in [-0.05, 0) is 25.7 Å². The van der Waals surface area contributed by atoms with Crippen LogP contribution in [-0.4, -0.2) is 34.5 Å². The standard InChI is InChI=1S/C8H15NO2/c10-7-3-1-5-8(11)4-2-6(7)9-5/h5-11H,1-4H2/t5-,6-,7-,8-/m1/s1. The lowest BCUT2D eigenvalue weighted by atomic mass is 9.83. The molecule has 2 rings (SSSR count). The Hall–Kier alpha value is -0.120. The monoisotopic (exact) mass is 157 g/mol. The van der Waals surface area contributed by atoms with E-state index in [1.807, 2.05) is 0 Å². The van der Waals surface area contributed by atoms with Gasteiger partial charge in [-0.2, -0.15) is 0 Å². The first-order chi connectivity index (χ1) is 5.27. The van der Waals surface area contributed by atoms with E-state index >= 15 is 0 Å². The largest absolute Gasteiger partial charge is 0.392 e. The second-order valence-corrected chi connectivity index (χ2v) is 3.67. The first-order valence-corrected chi connectivity index (χ1v) is 4.39. The molecule has 2 saturated heterocycles. The molecule has 2 bridgehead atoms. The normalized spacial score (nSPS) is 50.7. The molecule has 3 N–H and O–H groups in total. The third kappa shape index (κ3) is 1.28. The SMILES string of the molecule is O[C@@H]1CC[C@H]2N[C@@H]1CC[C@H]2O. The Balaban J connectivity index is 2.02. The zero-order valence-corrected chi connectivity index (χ0v) is 6.53. The molecule has 0 aromatic carbocycles. The quantitative estimate of drug-likeness (QED) is 0.449. The minimum atomic E-state index is -0.182. The fourth-order valence-corrected chi connectivity index (χ4v) is 2.15. The summed E-state index contributed by atoms with van der Waals surface area (Å²) in [5.74, 6) is 0. The van der Waals surface area contributed by atoms with Gasteiger partial charge in [0.1, 0.15) is 0 Å². The van der Waals surface area contributed by atoms with E-state index in [-0.39, 0.29) is 24.3 Å². The summed E-state index contributed by atoms with van der Waals surface area (Å²) in [5.41, 5.74) is 0. The van der Waals surface area contributed by atoms with Gasteiger partial charge in [0.2, 0.25) is 0 Å². The van der Waals surface area contributed by atoms with Crippen molar-refractivity contribution < 1.29 is 10.2 Å². The Morgan fingerprint density at radius 3 is 1.73 bits per heavy atom. The van der Waals surface area contributed by atoms with Crippen molar-refractivity contribution in [1.82, 2.24) is 5.32 Å². The van der Waals surface area contributed by atoms with Gasteiger partial charge in [0.05, 0.1) is 12.2 Å². The summed E-state index contributed by atoms with van der Waals surface area (Å²) in [7, 11) is 0. The molecule has 0 radical (unpaired) electrons. The maximum absolute atomic E-state index is 9.46. The van der Waals surface area contributed by atoms with E-state index in [9.17, 15) is 10.2 Å². The minimum absolute atomic E-state index is 0.182. The summed E-state index contributed by atoms with van der Waals surface area (Å²) in [5, 5.41) is 22.2. The molecule has 11 heavy (non-hydrogen) atoms. The average molecular weight is 157 g/mol. The summed E-state index contributed by atoms with van der Waals surface area (Å²) in [6.07, 6.45) is 3.16. The van der Waals surface area contributed by atoms with Gasteiger partial charge in [-0.1, -0.05) is 0 Å². The molecule has 0 spiro atoms. The van der Waals surface area contributed by atoms with Crippen molar-refractivity contribution in [1.29, 1.82) is 0 Å². The Labute approximate surface area is 66.4 Å². The number of piperidine rings is 2. The zero-order valence-electron chi connectivity index (χ0n) is 6.53. The fraction of sp³-hybridized carbons (Fsp3) is 1.00. The highest BCUT2D eigenvalue weighted by Crippen LogP contribution is 2.25. The van der Waals surface area contributed by atoms with Crippen LogP contribution in [0.4, 0.5) is 0 Å². The van der Waals surface area contributed by atoms with Crippen LogP contribution in [0.3, 0.4) is 0 Å². The van der Waals surface area contributed by atoms with Gasteiger partial charge in [0.25, 0.3) is 0 Å². The Morgan fingerprint density at radius 1 is 0.818 bits per heavy atom. The molecule has 2 heterocycles. The van der Waals surface area contributed by atoms with Gasteiger partial charge >= 0.3 is 0 Å². The molecular weight excluding hydrogens is 142 g/mol. The van der Waals surface area contributed by atoms with Crippen molar-refractivity contribution in [2.45, 2.75) is 50.0 Å². The molecule has 0 amide bonds. The highest BCUT2D eigenvalue weighted by molar-refractivity contribution is 4.94. The predicted molar refractivity (Wildman–Crippen MR) is 41.2 cm³/mol. The second-order valence-electron chi connectivity index (χ2n) is 3.67. The van der Waals surface area contributed by atoms with Crippen LogP contribution in [0.15, 0.2) is 0 Å². The van der Waals surface area contributed by atoms with Crippen LogP contribution in [0.5, 0.6) is 0 Å². The molecule has 0 aromatic rings. The second kappa shape index (κ2) is 2.73. The zero-order chi connectivity index (χ0) is 7.84. The van der Waals surface area contributed by atoms with Crippen LogP contribution < -0.4 is 5.32 Å². The van der Waals surface area contributed by atoms with E-state index in [2.05, 4.69) is 5.32 Å². The number of rotatable bonds is 0. The number of hydrogen-bond donors (Lipinski definition) is 3. The van der Waals surface area contributed by atoms with Crippen molar-refractivity contribution in [3.8, 4) is 0 Å². The van der Waals surface area contributed by atoms with Crippen molar-refractivity contribution in [3.05, 3.63) is 0 Å². The average Bonchev–Trinajstić information content (AvgIpc) is 2.02. The van der Waals surface area contributed by atoms with Gasteiger partial charge in [-0.25, -0.2) is 0 Å². The summed E-state index contributed by atoms with van der Waals surface area (Å²) >= 11 is 0. The number of aliphatic hydroxyl groups is 2. The number of fused-ring (bicyclic) bond motifs is 2. The van der Waals surface area contributed by atoms with Crippen molar-refractivity contribution in [3.63, 3.8) is 0 Å². The van der Waals surface area contributed by atoms with E-state index in [0.717, 1.165) is 25.7 Å². The van der Waals surface area contributed by atoms with Gasteiger partial charge < -0.3 is 15.5 Å². The van der Waals surface area contributed by atoms with Crippen LogP contribution in [0.25, 0.3) is 0 Å². The lowest BCUT2D eigenvalue weighted by Gasteiger charge is -2.41. The molecule has 64 valence electrons. The first kappa shape index (κ1) is 7.53. The third-order valence-electron chi connectivity index (χ3n) is 2.90. The Morgan fingerprint density at radius 2 is 1.27 bits per heavy atom. The maximum Gasteiger partial charge on any atom is 0.0693 e. The van der Waals surface area contributed by atoms with E-state index < -0.39 is 0 Å². The summed E-state index contributed by atoms with van der Waals surface area (Å²) in [6, 6.07) is 0.495. The summed E-state index contributed by atoms with van der Waals surface area (Å²) in [6.45, 7) is 0. The van der Waals surface area contributed by atoms with E-state index in [1.54, 1.807) is 0 Å². The number of aliphatic hydroxyl groups excluding tert-OH is 2. The predicted octanol–water partition coefficient (Wildman–Crippen LogP) is -0.377. The highest BCUT2D eigenvalue weighted by atomic mass is 16.3. The van der Waals surface area contributed by atoms with Crippen LogP contribution in [0, 0.1) is 0 Å². The lowest BCUT2D eigenvalue weighted by molar-refractivity contribution is -0.00303. The Bertz CT molecular complexity index is 135. The Kier molecular flexibility index (Phi) is 1.87. The smallest absolute Gasteiger partial charge is 0.0693 e. The van der Waals surface area contributed by atoms with Crippen molar-refractivity contribution in [2.75, 3.05) is 0 Å². The molecule has 4 atom stereocenters. The first-order valence-electron chi connectivity index (χ1n) is 4.39. The van der Waals surface area contributed by atoms with E-state index in [1.165, 1.54) is 0 Å². The van der Waals surface area contributed by atoms with Crippen LogP contribution >= 0.6 is 0 Å². The van der Waals surface area contributed by atoms with Gasteiger partial charge in [-0.3, -0.25) is 0 Å². The van der Waals surface area contributed by atoms with Crippen LogP contribution in [0.1, 0.15) is 25.7 Å². The molecule has 0 aromatic heterocycles. The van der Waals surface area contributed by atoms with E-state index in [4.69, 9.17) is 0 Å². The molecule has 2 fully saturated rings. The van der Waals surface area contributed by atoms with Crippen molar-refractivity contribution >= 4 is 0 Å². The molecule has 0 aliphatic carbocycles. The van der Waals surface area contributed by atoms with Crippen LogP contribution in [-0.2, 0) is 0 Å². The molecule has 0 saturated carbocycles. The fourth-order valence-electron chi connectivity index (χ4n) is 2.15. The number of nitrogens with one attached hydrogen (secondary N) is 1. The van der Waals surface area contributed by atoms with Gasteiger partial charge in [-0.15, -0.1) is 0 Å². The molecule has 2 aliphatic rings. The summed E-state index contributed by atoms with van der Waals surface area (Å²) in [4.78, 5) is 0. The van der Waals surface area contributed by atoms with E-state index in [0.29, 0.717) is 0 Å². The molecule has 0 unspecified atom stereocenters. The van der Waals surface area contributed by atoms with Crippen LogP contribution in [0.2, 0.25) is 0 Å². The topological polar surface area (TPSA) is 52.5 Å². The molecule has 2 aliphatic heterocycles. The van der Waals surface area contributed by atoms with Gasteiger partial charge in [0, 0.05) is 12.1 Å². The highest BCUT2D eigenvalue weighted by Gasteiger charge is 2.36. The van der Waals surface area contributed by atoms with Gasteiger partial charge in [0.15, 0.2) is 0 Å². The molecule has 3 heteroatoms. The van der Waals surface area contributed by atoms with Crippen molar-refractivity contribution in [2.24, 2.45) is 0 Å². The molecule has 3 nitrogen and oxygen atoms in total. The maximum atomic E-state index is 9.46. The minimum Gasteiger partial charge on any atom is -0.392 e.